The standard InChI is InChI=1S/C15H21NO7/c1-6(17)19-11-8-5-18-14(20-8)13-9(11)10-12-7(4-16(10)23-13)21-15(2,3)22-12/h7-14H,4-5H2,1-3H3/t7-,8-,9+,10+,11+,12-,13-,14+/m1/s1. The minimum absolute atomic E-state index is 0.0216. The molecule has 128 valence electrons. The lowest BCUT2D eigenvalue weighted by molar-refractivity contribution is -0.251. The summed E-state index contributed by atoms with van der Waals surface area (Å²) in [4.78, 5) is 17.6. The molecule has 0 amide bonds. The van der Waals surface area contributed by atoms with Crippen LogP contribution in [0.15, 0.2) is 0 Å². The van der Waals surface area contributed by atoms with Gasteiger partial charge in [-0.3, -0.25) is 9.63 Å². The zero-order valence-electron chi connectivity index (χ0n) is 13.3. The molecule has 5 aliphatic heterocycles. The van der Waals surface area contributed by atoms with Crippen LogP contribution in [0.5, 0.6) is 0 Å². The Balaban J connectivity index is 1.48. The van der Waals surface area contributed by atoms with Crippen molar-refractivity contribution >= 4 is 5.97 Å². The van der Waals surface area contributed by atoms with Crippen LogP contribution in [0.4, 0.5) is 0 Å². The van der Waals surface area contributed by atoms with Gasteiger partial charge in [-0.25, -0.2) is 0 Å². The summed E-state index contributed by atoms with van der Waals surface area (Å²) in [7, 11) is 0. The maximum absolute atomic E-state index is 11.6. The number of carbonyl (C=O) groups excluding carboxylic acids is 1. The van der Waals surface area contributed by atoms with Gasteiger partial charge in [0.2, 0.25) is 0 Å². The Hall–Kier alpha value is -0.770. The zero-order chi connectivity index (χ0) is 15.9. The van der Waals surface area contributed by atoms with Crippen molar-refractivity contribution in [2.75, 3.05) is 13.2 Å². The van der Waals surface area contributed by atoms with E-state index in [2.05, 4.69) is 0 Å². The average Bonchev–Trinajstić information content (AvgIpc) is 3.13. The minimum atomic E-state index is -0.600. The Labute approximate surface area is 133 Å². The SMILES string of the molecule is CC(=O)O[C@@H]1[C@H]2[C@@H](ON3C[C@H]4OC(C)(C)O[C@H]4[C@H]23)[C@H]2OC[C@H]1O2. The molecular formula is C15H21NO7. The van der Waals surface area contributed by atoms with Crippen molar-refractivity contribution < 1.29 is 33.3 Å². The summed E-state index contributed by atoms with van der Waals surface area (Å²) in [5, 5.41) is 1.91. The van der Waals surface area contributed by atoms with Gasteiger partial charge in [0.25, 0.3) is 0 Å². The van der Waals surface area contributed by atoms with Crippen molar-refractivity contribution in [3.63, 3.8) is 0 Å². The smallest absolute Gasteiger partial charge is 0.303 e. The maximum atomic E-state index is 11.6. The van der Waals surface area contributed by atoms with E-state index >= 15 is 0 Å². The first-order valence-electron chi connectivity index (χ1n) is 8.16. The summed E-state index contributed by atoms with van der Waals surface area (Å²) >= 11 is 0. The summed E-state index contributed by atoms with van der Waals surface area (Å²) in [6.07, 6.45) is -1.46. The second kappa shape index (κ2) is 4.65. The molecule has 5 rings (SSSR count). The largest absolute Gasteiger partial charge is 0.459 e. The molecule has 5 saturated heterocycles. The van der Waals surface area contributed by atoms with Gasteiger partial charge in [-0.1, -0.05) is 0 Å². The van der Waals surface area contributed by atoms with Crippen LogP contribution in [0, 0.1) is 5.92 Å². The van der Waals surface area contributed by atoms with Crippen LogP contribution in [-0.2, 0) is 33.3 Å². The predicted octanol–water partition coefficient (Wildman–Crippen LogP) is -0.192. The third kappa shape index (κ3) is 2.03. The molecule has 8 atom stereocenters. The van der Waals surface area contributed by atoms with E-state index in [1.54, 1.807) is 0 Å². The van der Waals surface area contributed by atoms with Crippen LogP contribution in [0.1, 0.15) is 20.8 Å². The predicted molar refractivity (Wildman–Crippen MR) is 72.8 cm³/mol. The number of esters is 1. The number of rotatable bonds is 1. The zero-order valence-corrected chi connectivity index (χ0v) is 13.3. The monoisotopic (exact) mass is 327 g/mol. The molecule has 0 aromatic rings. The fourth-order valence-electron chi connectivity index (χ4n) is 4.69. The number of hydrogen-bond acceptors (Lipinski definition) is 8. The van der Waals surface area contributed by atoms with Gasteiger partial charge < -0.3 is 23.7 Å². The average molecular weight is 327 g/mol. The molecule has 0 radical (unpaired) electrons. The van der Waals surface area contributed by atoms with E-state index in [0.717, 1.165) is 0 Å². The molecule has 5 aliphatic rings. The second-order valence-corrected chi connectivity index (χ2v) is 7.33. The molecule has 0 spiro atoms. The van der Waals surface area contributed by atoms with Gasteiger partial charge in [0, 0.05) is 6.92 Å². The van der Waals surface area contributed by atoms with E-state index in [4.69, 9.17) is 28.5 Å². The van der Waals surface area contributed by atoms with Gasteiger partial charge in [0.1, 0.15) is 30.5 Å². The molecular weight excluding hydrogens is 306 g/mol. The Bertz CT molecular complexity index is 540. The third-order valence-electron chi connectivity index (χ3n) is 5.33. The molecule has 0 aromatic heterocycles. The fourth-order valence-corrected chi connectivity index (χ4v) is 4.69. The van der Waals surface area contributed by atoms with E-state index in [9.17, 15) is 4.79 Å². The highest BCUT2D eigenvalue weighted by Gasteiger charge is 2.68. The van der Waals surface area contributed by atoms with Gasteiger partial charge in [-0.15, -0.1) is 0 Å². The van der Waals surface area contributed by atoms with E-state index in [-0.39, 0.29) is 42.3 Å². The van der Waals surface area contributed by atoms with Crippen molar-refractivity contribution in [2.24, 2.45) is 5.92 Å². The lowest BCUT2D eigenvalue weighted by atomic mass is 9.82. The molecule has 8 heteroatoms. The summed E-state index contributed by atoms with van der Waals surface area (Å²) in [5.41, 5.74) is 0. The van der Waals surface area contributed by atoms with Gasteiger partial charge in [-0.2, -0.15) is 5.06 Å². The highest BCUT2D eigenvalue weighted by molar-refractivity contribution is 5.66. The Kier molecular flexibility index (Phi) is 2.94. The Morgan fingerprint density at radius 2 is 2.04 bits per heavy atom. The van der Waals surface area contributed by atoms with E-state index in [1.165, 1.54) is 6.92 Å². The first-order chi connectivity index (χ1) is 10.9. The van der Waals surface area contributed by atoms with Crippen LogP contribution >= 0.6 is 0 Å². The summed E-state index contributed by atoms with van der Waals surface area (Å²) < 4.78 is 29.2. The molecule has 8 nitrogen and oxygen atoms in total. The molecule has 2 bridgehead atoms. The highest BCUT2D eigenvalue weighted by atomic mass is 16.8. The third-order valence-corrected chi connectivity index (χ3v) is 5.33. The number of carbonyl (C=O) groups is 1. The molecule has 5 fully saturated rings. The molecule has 0 N–H and O–H groups in total. The van der Waals surface area contributed by atoms with Gasteiger partial charge in [-0.05, 0) is 13.8 Å². The van der Waals surface area contributed by atoms with Gasteiger partial charge in [0.05, 0.1) is 25.1 Å². The number of nitrogens with zero attached hydrogens (tertiary/aromatic N) is 1. The van der Waals surface area contributed by atoms with Gasteiger partial charge in [0.15, 0.2) is 12.1 Å². The lowest BCUT2D eigenvalue weighted by Crippen LogP contribution is -2.55. The number of hydroxylamine groups is 2. The topological polar surface area (TPSA) is 75.7 Å². The van der Waals surface area contributed by atoms with Crippen molar-refractivity contribution in [1.82, 2.24) is 5.06 Å². The maximum Gasteiger partial charge on any atom is 0.303 e. The Morgan fingerprint density at radius 1 is 1.22 bits per heavy atom. The van der Waals surface area contributed by atoms with Crippen LogP contribution in [-0.4, -0.2) is 72.8 Å². The van der Waals surface area contributed by atoms with Crippen LogP contribution < -0.4 is 0 Å². The molecule has 23 heavy (non-hydrogen) atoms. The van der Waals surface area contributed by atoms with Crippen LogP contribution in [0.25, 0.3) is 0 Å². The lowest BCUT2D eigenvalue weighted by Gasteiger charge is -2.37. The van der Waals surface area contributed by atoms with Crippen molar-refractivity contribution in [3.05, 3.63) is 0 Å². The summed E-state index contributed by atoms with van der Waals surface area (Å²) in [6.45, 7) is 6.31. The van der Waals surface area contributed by atoms with Crippen LogP contribution in [0.2, 0.25) is 0 Å². The normalized spacial score (nSPS) is 53.0. The highest BCUT2D eigenvalue weighted by Crippen LogP contribution is 2.50. The van der Waals surface area contributed by atoms with E-state index in [1.807, 2.05) is 18.9 Å². The first-order valence-corrected chi connectivity index (χ1v) is 8.16. The van der Waals surface area contributed by atoms with Crippen molar-refractivity contribution in [1.29, 1.82) is 0 Å². The first kappa shape index (κ1) is 14.6. The summed E-state index contributed by atoms with van der Waals surface area (Å²) in [5.74, 6) is -0.964. The number of fused-ring (bicyclic) bond motifs is 8. The summed E-state index contributed by atoms with van der Waals surface area (Å²) in [6, 6.07) is -0.0216. The molecule has 0 aliphatic carbocycles. The fraction of sp³-hybridized carbons (Fsp3) is 0.933. The number of hydrogen-bond donors (Lipinski definition) is 0. The van der Waals surface area contributed by atoms with E-state index < -0.39 is 18.2 Å². The molecule has 5 heterocycles. The Morgan fingerprint density at radius 3 is 2.83 bits per heavy atom. The number of ether oxygens (including phenoxy) is 5. The van der Waals surface area contributed by atoms with Gasteiger partial charge >= 0.3 is 5.97 Å². The van der Waals surface area contributed by atoms with E-state index in [0.29, 0.717) is 13.2 Å². The molecule has 0 aromatic carbocycles. The van der Waals surface area contributed by atoms with Crippen molar-refractivity contribution in [2.45, 2.75) is 69.4 Å². The van der Waals surface area contributed by atoms with Crippen molar-refractivity contribution in [3.8, 4) is 0 Å². The minimum Gasteiger partial charge on any atom is -0.459 e. The molecule has 0 unspecified atom stereocenters. The quantitative estimate of drug-likeness (QED) is 0.613. The van der Waals surface area contributed by atoms with Crippen LogP contribution in [0.3, 0.4) is 0 Å². The molecule has 0 saturated carbocycles. The second-order valence-electron chi connectivity index (χ2n) is 7.33.